The summed E-state index contributed by atoms with van der Waals surface area (Å²) in [4.78, 5) is 53.5. The predicted octanol–water partition coefficient (Wildman–Crippen LogP) is 2.40. The third kappa shape index (κ3) is 3.64. The number of hydrogen-bond donors (Lipinski definition) is 2. The molecule has 3 saturated carbocycles. The number of carboxylic acid groups (broad SMARTS) is 2. The third-order valence-corrected chi connectivity index (χ3v) is 11.5. The zero-order valence-corrected chi connectivity index (χ0v) is 25.6. The van der Waals surface area contributed by atoms with Gasteiger partial charge in [0.2, 0.25) is 11.8 Å². The summed E-state index contributed by atoms with van der Waals surface area (Å²) in [5.41, 5.74) is 0.343. The van der Waals surface area contributed by atoms with Gasteiger partial charge in [0.15, 0.2) is 0 Å². The van der Waals surface area contributed by atoms with Crippen molar-refractivity contribution in [3.63, 3.8) is 0 Å². The second-order valence-corrected chi connectivity index (χ2v) is 13.3. The molecule has 1 aliphatic heterocycles. The Morgan fingerprint density at radius 1 is 0.974 bits per heavy atom. The molecule has 2 N–H and O–H groups in total. The van der Waals surface area contributed by atoms with Crippen molar-refractivity contribution in [2.45, 2.75) is 66.2 Å². The van der Waals surface area contributed by atoms with Crippen LogP contribution in [-0.4, -0.2) is 34.0 Å². The number of benzene rings is 1. The van der Waals surface area contributed by atoms with E-state index in [9.17, 15) is 29.4 Å². The normalized spacial score (nSPS) is 40.4. The number of hydrogen-bond acceptors (Lipinski definition) is 4. The monoisotopic (exact) mass is 542 g/mol. The third-order valence-electron chi connectivity index (χ3n) is 11.5. The van der Waals surface area contributed by atoms with Crippen LogP contribution in [0.2, 0.25) is 0 Å². The molecule has 39 heavy (non-hydrogen) atoms. The van der Waals surface area contributed by atoms with E-state index in [-0.39, 0.29) is 76.0 Å². The SMILES string of the molecule is CC(C)C1=CC23CCC4C(C)(C(=O)O)CCCC4(C)C2CC1C1C(=O)N(c2ccc(C(=O)O)cc2)C(=O)C13.[Na+]. The molecule has 0 radical (unpaired) electrons. The Balaban J connectivity index is 0.00000308. The smallest absolute Gasteiger partial charge is 0.481 e. The van der Waals surface area contributed by atoms with E-state index in [0.717, 1.165) is 32.1 Å². The van der Waals surface area contributed by atoms with Gasteiger partial charge in [-0.1, -0.05) is 38.8 Å². The summed E-state index contributed by atoms with van der Waals surface area (Å²) < 4.78 is 0. The maximum absolute atomic E-state index is 14.3. The van der Waals surface area contributed by atoms with Crippen molar-refractivity contribution in [2.75, 3.05) is 4.90 Å². The van der Waals surface area contributed by atoms with E-state index >= 15 is 0 Å². The van der Waals surface area contributed by atoms with E-state index in [1.54, 1.807) is 12.1 Å². The fourth-order valence-electron chi connectivity index (χ4n) is 9.97. The second-order valence-electron chi connectivity index (χ2n) is 13.3. The van der Waals surface area contributed by atoms with Gasteiger partial charge in [0.05, 0.1) is 28.5 Å². The van der Waals surface area contributed by atoms with E-state index in [0.29, 0.717) is 12.1 Å². The van der Waals surface area contributed by atoms with E-state index < -0.39 is 34.6 Å². The molecule has 2 bridgehead atoms. The Morgan fingerprint density at radius 3 is 2.23 bits per heavy atom. The Hall–Kier alpha value is -1.96. The molecule has 1 saturated heterocycles. The Kier molecular flexibility index (Phi) is 6.80. The van der Waals surface area contributed by atoms with Crippen molar-refractivity contribution in [3.05, 3.63) is 41.5 Å². The predicted molar refractivity (Wildman–Crippen MR) is 140 cm³/mol. The zero-order valence-electron chi connectivity index (χ0n) is 23.6. The molecule has 1 spiro atoms. The van der Waals surface area contributed by atoms with Crippen LogP contribution in [0, 0.1) is 51.8 Å². The molecule has 7 rings (SSSR count). The number of anilines is 1. The first-order chi connectivity index (χ1) is 17.9. The van der Waals surface area contributed by atoms with Crippen LogP contribution < -0.4 is 34.5 Å². The number of carbonyl (C=O) groups excluding carboxylic acids is 2. The molecule has 8 atom stereocenters. The molecular weight excluding hydrogens is 505 g/mol. The molecule has 4 fully saturated rings. The van der Waals surface area contributed by atoms with Crippen molar-refractivity contribution in [3.8, 4) is 0 Å². The van der Waals surface area contributed by atoms with Gasteiger partial charge in [-0.05, 0) is 92.4 Å². The number of carboxylic acids is 2. The number of amides is 2. The Bertz CT molecular complexity index is 1290. The number of fused-ring (bicyclic) bond motifs is 1. The molecule has 2 amide bonds. The fraction of sp³-hybridized carbons (Fsp3) is 0.613. The fourth-order valence-corrected chi connectivity index (χ4v) is 9.97. The molecule has 0 aromatic heterocycles. The van der Waals surface area contributed by atoms with Crippen LogP contribution in [0.25, 0.3) is 0 Å². The summed E-state index contributed by atoms with van der Waals surface area (Å²) in [5, 5.41) is 19.6. The summed E-state index contributed by atoms with van der Waals surface area (Å²) in [7, 11) is 0. The van der Waals surface area contributed by atoms with E-state index in [2.05, 4.69) is 26.8 Å². The minimum atomic E-state index is -1.05. The van der Waals surface area contributed by atoms with E-state index in [4.69, 9.17) is 0 Å². The van der Waals surface area contributed by atoms with E-state index in [1.165, 1.54) is 22.6 Å². The molecule has 5 aliphatic carbocycles. The van der Waals surface area contributed by atoms with Gasteiger partial charge in [0.1, 0.15) is 0 Å². The number of allylic oxidation sites excluding steroid dienone is 2. The maximum atomic E-state index is 14.3. The van der Waals surface area contributed by atoms with Crippen LogP contribution in [0.15, 0.2) is 35.9 Å². The van der Waals surface area contributed by atoms with Crippen molar-refractivity contribution < 1.29 is 58.9 Å². The largest absolute Gasteiger partial charge is 1.00 e. The number of nitrogens with zero attached hydrogens (tertiary/aromatic N) is 1. The summed E-state index contributed by atoms with van der Waals surface area (Å²) in [6, 6.07) is 5.99. The topological polar surface area (TPSA) is 112 Å². The molecular formula is C31H37NNaO6+. The van der Waals surface area contributed by atoms with Gasteiger partial charge >= 0.3 is 41.5 Å². The molecule has 202 valence electrons. The van der Waals surface area contributed by atoms with Gasteiger partial charge in [-0.25, -0.2) is 4.79 Å². The van der Waals surface area contributed by atoms with Gasteiger partial charge in [-0.15, -0.1) is 0 Å². The van der Waals surface area contributed by atoms with Gasteiger partial charge in [-0.3, -0.25) is 19.3 Å². The summed E-state index contributed by atoms with van der Waals surface area (Å²) in [6.45, 7) is 8.51. The standard InChI is InChI=1S/C31H37NO6.Na/c1-16(2)20-15-31-13-10-21-29(3,11-5-12-30(21,4)28(37)38)22(31)14-19(20)23-24(31)26(34)32(25(23)33)18-8-6-17(7-9-18)27(35)36;/h6-9,15-16,19,21-24H,5,10-14H2,1-4H3,(H,35,36)(H,37,38);/q;+1. The maximum Gasteiger partial charge on any atom is 1.00 e. The summed E-state index contributed by atoms with van der Waals surface area (Å²) in [5.74, 6) is -2.62. The summed E-state index contributed by atoms with van der Waals surface area (Å²) in [6.07, 6.45) is 7.13. The van der Waals surface area contributed by atoms with Crippen molar-refractivity contribution in [1.29, 1.82) is 0 Å². The van der Waals surface area contributed by atoms with Crippen LogP contribution in [0.4, 0.5) is 5.69 Å². The minimum Gasteiger partial charge on any atom is -0.481 e. The number of aliphatic carboxylic acids is 1. The van der Waals surface area contributed by atoms with Crippen LogP contribution in [0.1, 0.15) is 76.6 Å². The average Bonchev–Trinajstić information content (AvgIpc) is 3.15. The van der Waals surface area contributed by atoms with Gasteiger partial charge in [-0.2, -0.15) is 0 Å². The van der Waals surface area contributed by atoms with Crippen LogP contribution in [0.3, 0.4) is 0 Å². The molecule has 6 aliphatic rings. The van der Waals surface area contributed by atoms with Crippen LogP contribution in [-0.2, 0) is 14.4 Å². The molecule has 8 heteroatoms. The zero-order chi connectivity index (χ0) is 27.4. The molecule has 8 unspecified atom stereocenters. The van der Waals surface area contributed by atoms with Gasteiger partial charge in [0, 0.05) is 5.41 Å². The first-order valence-electron chi connectivity index (χ1n) is 14.0. The number of rotatable bonds is 4. The number of imide groups is 1. The quantitative estimate of drug-likeness (QED) is 0.343. The molecule has 1 aromatic carbocycles. The second kappa shape index (κ2) is 9.28. The van der Waals surface area contributed by atoms with Gasteiger partial charge < -0.3 is 10.2 Å². The van der Waals surface area contributed by atoms with Gasteiger partial charge in [0.25, 0.3) is 0 Å². The minimum absolute atomic E-state index is 0. The summed E-state index contributed by atoms with van der Waals surface area (Å²) >= 11 is 0. The van der Waals surface area contributed by atoms with Crippen molar-refractivity contribution in [2.24, 2.45) is 51.8 Å². The van der Waals surface area contributed by atoms with Crippen molar-refractivity contribution >= 4 is 29.4 Å². The Morgan fingerprint density at radius 2 is 1.64 bits per heavy atom. The van der Waals surface area contributed by atoms with Crippen LogP contribution in [0.5, 0.6) is 0 Å². The Labute approximate surface area is 251 Å². The van der Waals surface area contributed by atoms with E-state index in [1.807, 2.05) is 6.92 Å². The average molecular weight is 543 g/mol. The van der Waals surface area contributed by atoms with Crippen LogP contribution >= 0.6 is 0 Å². The first-order valence-corrected chi connectivity index (χ1v) is 14.0. The first kappa shape index (κ1) is 28.6. The molecule has 7 nitrogen and oxygen atoms in total. The van der Waals surface area contributed by atoms with Crippen molar-refractivity contribution in [1.82, 2.24) is 0 Å². The number of aromatic carboxylic acids is 1. The molecule has 1 heterocycles. The molecule has 1 aromatic rings. The number of carbonyl (C=O) groups is 4.